The number of rotatable bonds is 4. The fraction of sp³-hybridized carbons (Fsp3) is 0.346. The number of methoxy groups -OCH3 is 1. The fourth-order valence-corrected chi connectivity index (χ4v) is 6.36. The molecule has 0 aromatic heterocycles. The normalized spacial score (nSPS) is 22.5. The van der Waals surface area contributed by atoms with Gasteiger partial charge in [0.05, 0.1) is 12.1 Å². The highest BCUT2D eigenvalue weighted by Crippen LogP contribution is 2.57. The van der Waals surface area contributed by atoms with Gasteiger partial charge in [0.2, 0.25) is 0 Å². The molecule has 1 fully saturated rings. The number of halogens is 6. The van der Waals surface area contributed by atoms with E-state index in [1.165, 1.54) is 6.92 Å². The Balaban J connectivity index is 1.81. The largest absolute Gasteiger partial charge is 0.471 e. The molecular weight excluding hydrogens is 598 g/mol. The summed E-state index contributed by atoms with van der Waals surface area (Å²) in [5, 5.41) is -0.511. The van der Waals surface area contributed by atoms with Crippen LogP contribution in [0.5, 0.6) is 5.75 Å². The third-order valence-electron chi connectivity index (χ3n) is 7.07. The van der Waals surface area contributed by atoms with Gasteiger partial charge >= 0.3 is 24.0 Å². The molecule has 2 aromatic rings. The lowest BCUT2D eigenvalue weighted by molar-refractivity contribution is -0.174. The average molecular weight is 619 g/mol. The monoisotopic (exact) mass is 617 g/mol. The standard InChI is InChI=1S/C26H21BrClF4NO5/c1-14(34)38-17-5-3-15-11-21(27)24(18(15)13-17)7-9-25(10-8-24,23(36)37-2)33(22(35)26(30,31)32)16-4-6-20(29)19(28)12-16/h3-6,11-13H,7-10H2,1-2H3. The molecule has 1 saturated carbocycles. The van der Waals surface area contributed by atoms with E-state index in [-0.39, 0.29) is 25.7 Å². The molecule has 1 spiro atoms. The summed E-state index contributed by atoms with van der Waals surface area (Å²) in [6, 6.07) is 7.73. The number of nitrogens with zero attached hydrogens (tertiary/aromatic N) is 1. The summed E-state index contributed by atoms with van der Waals surface area (Å²) in [5.74, 6) is -4.47. The third kappa shape index (κ3) is 4.70. The van der Waals surface area contributed by atoms with Gasteiger partial charge in [-0.05, 0) is 73.2 Å². The van der Waals surface area contributed by atoms with Crippen LogP contribution in [0.3, 0.4) is 0 Å². The number of esters is 2. The lowest BCUT2D eigenvalue weighted by Crippen LogP contribution is -2.63. The number of amides is 1. The molecule has 12 heteroatoms. The molecule has 0 bridgehead atoms. The molecule has 0 saturated heterocycles. The van der Waals surface area contributed by atoms with Crippen LogP contribution in [0.2, 0.25) is 5.02 Å². The number of alkyl halides is 3. The number of allylic oxidation sites excluding steroid dienone is 1. The number of carbonyl (C=O) groups excluding carboxylic acids is 3. The van der Waals surface area contributed by atoms with E-state index in [2.05, 4.69) is 15.9 Å². The number of anilines is 1. The van der Waals surface area contributed by atoms with Crippen molar-refractivity contribution in [1.82, 2.24) is 0 Å². The predicted octanol–water partition coefficient (Wildman–Crippen LogP) is 6.47. The highest BCUT2D eigenvalue weighted by atomic mass is 79.9. The van der Waals surface area contributed by atoms with Crippen molar-refractivity contribution in [3.05, 3.63) is 62.8 Å². The van der Waals surface area contributed by atoms with Crippen molar-refractivity contribution in [3.8, 4) is 5.75 Å². The first kappa shape index (κ1) is 28.1. The molecule has 0 N–H and O–H groups in total. The lowest BCUT2D eigenvalue weighted by Gasteiger charge is -2.49. The van der Waals surface area contributed by atoms with Crippen LogP contribution in [0.25, 0.3) is 6.08 Å². The maximum Gasteiger partial charge on any atom is 0.471 e. The Morgan fingerprint density at radius 3 is 2.26 bits per heavy atom. The van der Waals surface area contributed by atoms with E-state index in [9.17, 15) is 31.9 Å². The van der Waals surface area contributed by atoms with Crippen LogP contribution in [-0.2, 0) is 24.5 Å². The minimum absolute atomic E-state index is 0.131. The molecule has 4 rings (SSSR count). The summed E-state index contributed by atoms with van der Waals surface area (Å²) in [5.41, 5.74) is -1.63. The van der Waals surface area contributed by atoms with Crippen molar-refractivity contribution in [1.29, 1.82) is 0 Å². The molecule has 38 heavy (non-hydrogen) atoms. The molecule has 2 aliphatic carbocycles. The topological polar surface area (TPSA) is 72.9 Å². The van der Waals surface area contributed by atoms with Gasteiger partial charge in [0.1, 0.15) is 17.1 Å². The van der Waals surface area contributed by atoms with Crippen molar-refractivity contribution in [3.63, 3.8) is 0 Å². The molecule has 2 aromatic carbocycles. The van der Waals surface area contributed by atoms with Gasteiger partial charge in [-0.25, -0.2) is 9.18 Å². The minimum Gasteiger partial charge on any atom is -0.467 e. The summed E-state index contributed by atoms with van der Waals surface area (Å²) in [6.45, 7) is 1.26. The highest BCUT2D eigenvalue weighted by molar-refractivity contribution is 9.11. The van der Waals surface area contributed by atoms with E-state index >= 15 is 0 Å². The zero-order valence-electron chi connectivity index (χ0n) is 20.1. The Labute approximate surface area is 228 Å². The number of hydrogen-bond acceptors (Lipinski definition) is 5. The molecule has 0 unspecified atom stereocenters. The van der Waals surface area contributed by atoms with Crippen molar-refractivity contribution in [2.75, 3.05) is 12.0 Å². The Morgan fingerprint density at radius 1 is 1.05 bits per heavy atom. The SMILES string of the molecule is COC(=O)C1(N(C(=O)C(F)(F)F)c2ccc(F)c(Cl)c2)CCC2(CC1)C(Br)=Cc1ccc(OC(C)=O)cc12. The zero-order chi connectivity index (χ0) is 28.0. The average Bonchev–Trinajstić information content (AvgIpc) is 3.11. The molecule has 202 valence electrons. The van der Waals surface area contributed by atoms with Gasteiger partial charge in [-0.3, -0.25) is 14.5 Å². The van der Waals surface area contributed by atoms with Gasteiger partial charge in [0.15, 0.2) is 0 Å². The van der Waals surface area contributed by atoms with E-state index in [0.717, 1.165) is 40.9 Å². The van der Waals surface area contributed by atoms with Gasteiger partial charge in [0.25, 0.3) is 0 Å². The zero-order valence-corrected chi connectivity index (χ0v) is 22.5. The van der Waals surface area contributed by atoms with Crippen molar-refractivity contribution in [2.24, 2.45) is 0 Å². The molecular formula is C26H21BrClF4NO5. The Hall–Kier alpha value is -2.92. The summed E-state index contributed by atoms with van der Waals surface area (Å²) in [4.78, 5) is 37.8. The maximum atomic E-state index is 13.9. The Kier molecular flexibility index (Phi) is 7.39. The first-order chi connectivity index (χ1) is 17.7. The van der Waals surface area contributed by atoms with E-state index in [0.29, 0.717) is 10.6 Å². The van der Waals surface area contributed by atoms with E-state index < -0.39 is 51.5 Å². The maximum absolute atomic E-state index is 13.9. The fourth-order valence-electron chi connectivity index (χ4n) is 5.33. The Morgan fingerprint density at radius 2 is 1.71 bits per heavy atom. The van der Waals surface area contributed by atoms with Crippen LogP contribution >= 0.6 is 27.5 Å². The van der Waals surface area contributed by atoms with Crippen LogP contribution in [-0.4, -0.2) is 36.7 Å². The van der Waals surface area contributed by atoms with Gasteiger partial charge in [-0.15, -0.1) is 0 Å². The summed E-state index contributed by atoms with van der Waals surface area (Å²) in [6.07, 6.45) is -3.68. The van der Waals surface area contributed by atoms with E-state index in [1.807, 2.05) is 6.08 Å². The van der Waals surface area contributed by atoms with Crippen LogP contribution in [0, 0.1) is 5.82 Å². The molecule has 0 aliphatic heterocycles. The molecule has 2 aliphatic rings. The second-order valence-corrected chi connectivity index (χ2v) is 10.4. The van der Waals surface area contributed by atoms with Crippen LogP contribution in [0.4, 0.5) is 23.2 Å². The number of carbonyl (C=O) groups is 3. The van der Waals surface area contributed by atoms with Crippen LogP contribution < -0.4 is 9.64 Å². The van der Waals surface area contributed by atoms with Crippen molar-refractivity contribution < 1.29 is 41.4 Å². The minimum atomic E-state index is -5.35. The number of benzene rings is 2. The smallest absolute Gasteiger partial charge is 0.467 e. The summed E-state index contributed by atoms with van der Waals surface area (Å²) < 4.78 is 66.3. The number of hydrogen-bond donors (Lipinski definition) is 0. The van der Waals surface area contributed by atoms with Gasteiger partial charge in [0, 0.05) is 22.5 Å². The quantitative estimate of drug-likeness (QED) is 0.223. The van der Waals surface area contributed by atoms with Crippen molar-refractivity contribution >= 4 is 57.1 Å². The van der Waals surface area contributed by atoms with Crippen LogP contribution in [0.1, 0.15) is 43.7 Å². The van der Waals surface area contributed by atoms with Crippen LogP contribution in [0.15, 0.2) is 40.9 Å². The number of ether oxygens (including phenoxy) is 2. The lowest BCUT2D eigenvalue weighted by atomic mass is 9.64. The van der Waals surface area contributed by atoms with E-state index in [1.54, 1.807) is 18.2 Å². The molecule has 0 atom stereocenters. The molecule has 0 radical (unpaired) electrons. The highest BCUT2D eigenvalue weighted by Gasteiger charge is 2.59. The molecule has 6 nitrogen and oxygen atoms in total. The second-order valence-electron chi connectivity index (χ2n) is 9.18. The first-order valence-corrected chi connectivity index (χ1v) is 12.6. The summed E-state index contributed by atoms with van der Waals surface area (Å²) in [7, 11) is 1.02. The molecule has 1 amide bonds. The number of fused-ring (bicyclic) bond motifs is 2. The second kappa shape index (κ2) is 10.00. The Bertz CT molecular complexity index is 1350. The molecule has 0 heterocycles. The summed E-state index contributed by atoms with van der Waals surface area (Å²) >= 11 is 9.42. The van der Waals surface area contributed by atoms with Gasteiger partial charge < -0.3 is 9.47 Å². The van der Waals surface area contributed by atoms with Gasteiger partial charge in [-0.1, -0.05) is 33.6 Å². The van der Waals surface area contributed by atoms with Gasteiger partial charge in [-0.2, -0.15) is 13.2 Å². The predicted molar refractivity (Wildman–Crippen MR) is 134 cm³/mol. The third-order valence-corrected chi connectivity index (χ3v) is 8.35. The van der Waals surface area contributed by atoms with Crippen molar-refractivity contribution in [2.45, 2.75) is 49.7 Å². The first-order valence-electron chi connectivity index (χ1n) is 11.4. The van der Waals surface area contributed by atoms with E-state index in [4.69, 9.17) is 21.1 Å².